The van der Waals surface area contributed by atoms with Crippen molar-refractivity contribution in [1.82, 2.24) is 19.1 Å². The van der Waals surface area contributed by atoms with Gasteiger partial charge in [0.1, 0.15) is 17.7 Å². The number of halogens is 2. The Kier molecular flexibility index (Phi) is 6.12. The average Bonchev–Trinajstić information content (AvgIpc) is 3.55. The molecule has 0 bridgehead atoms. The normalized spacial score (nSPS) is 16.7. The van der Waals surface area contributed by atoms with E-state index in [1.165, 1.54) is 32.5 Å². The zero-order valence-corrected chi connectivity index (χ0v) is 21.2. The number of hydrogen-bond acceptors (Lipinski definition) is 6. The number of carbonyl (C=O) groups excluding carboxylic acids is 1. The molecule has 0 radical (unpaired) electrons. The van der Waals surface area contributed by atoms with E-state index in [0.717, 1.165) is 27.9 Å². The number of amides is 1. The fraction of sp³-hybridized carbons (Fsp3) is 0.261. The summed E-state index contributed by atoms with van der Waals surface area (Å²) in [6.45, 7) is 3.93. The first kappa shape index (κ1) is 23.9. The second kappa shape index (κ2) is 8.98. The maximum absolute atomic E-state index is 13.3. The van der Waals surface area contributed by atoms with Gasteiger partial charge in [0, 0.05) is 12.6 Å². The van der Waals surface area contributed by atoms with Gasteiger partial charge in [-0.05, 0) is 62.6 Å². The van der Waals surface area contributed by atoms with Crippen LogP contribution < -0.4 is 5.32 Å². The van der Waals surface area contributed by atoms with Crippen molar-refractivity contribution < 1.29 is 17.6 Å². The predicted octanol–water partition coefficient (Wildman–Crippen LogP) is 4.68. The van der Waals surface area contributed by atoms with Crippen molar-refractivity contribution in [3.63, 3.8) is 0 Å². The van der Waals surface area contributed by atoms with Crippen LogP contribution in [0.2, 0.25) is 5.02 Å². The Morgan fingerprint density at radius 1 is 1.20 bits per heavy atom. The molecular formula is C23H21ClFN5O3S2. The van der Waals surface area contributed by atoms with Gasteiger partial charge in [0.2, 0.25) is 21.1 Å². The zero-order chi connectivity index (χ0) is 24.9. The molecule has 3 heterocycles. The number of rotatable bonds is 5. The van der Waals surface area contributed by atoms with E-state index in [1.807, 2.05) is 19.1 Å². The lowest BCUT2D eigenvalue weighted by Gasteiger charge is -2.23. The Labute approximate surface area is 210 Å². The molecule has 1 aliphatic rings. The number of anilines is 1. The molecule has 5 rings (SSSR count). The molecule has 8 nitrogen and oxygen atoms in total. The highest BCUT2D eigenvalue weighted by molar-refractivity contribution is 7.89. The first-order valence-corrected chi connectivity index (χ1v) is 13.5. The SMILES string of the molecule is Cc1cc(NC(=O)C2CCCN2S(=O)(=O)c2ccc(F)cc2)n(-c2nc3c(C)ccc(Cl)c3s2)n1. The quantitative estimate of drug-likeness (QED) is 0.401. The van der Waals surface area contributed by atoms with Gasteiger partial charge in [0.25, 0.3) is 0 Å². The molecule has 35 heavy (non-hydrogen) atoms. The van der Waals surface area contributed by atoms with Crippen LogP contribution in [0.25, 0.3) is 15.3 Å². The van der Waals surface area contributed by atoms with Crippen LogP contribution in [0.4, 0.5) is 10.2 Å². The highest BCUT2D eigenvalue weighted by Crippen LogP contribution is 2.34. The second-order valence-electron chi connectivity index (χ2n) is 8.34. The van der Waals surface area contributed by atoms with E-state index in [9.17, 15) is 17.6 Å². The third kappa shape index (κ3) is 4.33. The Morgan fingerprint density at radius 3 is 2.66 bits per heavy atom. The minimum Gasteiger partial charge on any atom is -0.309 e. The van der Waals surface area contributed by atoms with Gasteiger partial charge in [0.05, 0.1) is 25.8 Å². The largest absolute Gasteiger partial charge is 0.309 e. The minimum absolute atomic E-state index is 0.0544. The molecule has 0 saturated carbocycles. The molecule has 1 N–H and O–H groups in total. The van der Waals surface area contributed by atoms with E-state index in [2.05, 4.69) is 15.4 Å². The topological polar surface area (TPSA) is 97.2 Å². The summed E-state index contributed by atoms with van der Waals surface area (Å²) in [5.74, 6) is -0.620. The van der Waals surface area contributed by atoms with Crippen LogP contribution in [-0.2, 0) is 14.8 Å². The summed E-state index contributed by atoms with van der Waals surface area (Å²) < 4.78 is 43.1. The molecule has 1 fully saturated rings. The molecule has 1 aliphatic heterocycles. The first-order valence-electron chi connectivity index (χ1n) is 10.9. The van der Waals surface area contributed by atoms with Crippen molar-refractivity contribution in [1.29, 1.82) is 0 Å². The van der Waals surface area contributed by atoms with Crippen molar-refractivity contribution in [2.75, 3.05) is 11.9 Å². The van der Waals surface area contributed by atoms with Crippen molar-refractivity contribution >= 4 is 54.9 Å². The third-order valence-corrected chi connectivity index (χ3v) is 9.29. The molecule has 1 saturated heterocycles. The molecule has 1 unspecified atom stereocenters. The highest BCUT2D eigenvalue weighted by Gasteiger charge is 2.39. The van der Waals surface area contributed by atoms with Crippen LogP contribution in [-0.4, -0.2) is 46.0 Å². The Hall–Kier alpha value is -2.86. The zero-order valence-electron chi connectivity index (χ0n) is 18.8. The average molecular weight is 534 g/mol. The molecule has 182 valence electrons. The summed E-state index contributed by atoms with van der Waals surface area (Å²) in [5.41, 5.74) is 2.38. The van der Waals surface area contributed by atoms with Gasteiger partial charge in [-0.1, -0.05) is 29.0 Å². The number of aryl methyl sites for hydroxylation is 2. The van der Waals surface area contributed by atoms with Crippen LogP contribution in [0.3, 0.4) is 0 Å². The van der Waals surface area contributed by atoms with E-state index in [0.29, 0.717) is 34.5 Å². The molecule has 1 amide bonds. The lowest BCUT2D eigenvalue weighted by molar-refractivity contribution is -0.119. The molecule has 2 aromatic carbocycles. The molecule has 0 spiro atoms. The number of sulfonamides is 1. The molecule has 2 aromatic heterocycles. The van der Waals surface area contributed by atoms with Gasteiger partial charge in [-0.15, -0.1) is 0 Å². The molecular weight excluding hydrogens is 513 g/mol. The van der Waals surface area contributed by atoms with Gasteiger partial charge in [-0.25, -0.2) is 17.8 Å². The number of hydrogen-bond donors (Lipinski definition) is 1. The fourth-order valence-electron chi connectivity index (χ4n) is 4.16. The van der Waals surface area contributed by atoms with Gasteiger partial charge >= 0.3 is 0 Å². The monoisotopic (exact) mass is 533 g/mol. The standard InChI is InChI=1S/C23H21ClFN5O3S2/c1-13-5-10-17(24)21-20(13)27-23(34-21)30-19(12-14(2)28-30)26-22(31)18-4-3-11-29(18)35(32,33)16-8-6-15(25)7-9-16/h5-10,12,18H,3-4,11H2,1-2H3,(H,26,31). The van der Waals surface area contributed by atoms with E-state index in [-0.39, 0.29) is 11.4 Å². The van der Waals surface area contributed by atoms with Gasteiger partial charge < -0.3 is 5.32 Å². The summed E-state index contributed by atoms with van der Waals surface area (Å²) in [7, 11) is -3.97. The Bertz CT molecular complexity index is 1510. The smallest absolute Gasteiger partial charge is 0.243 e. The van der Waals surface area contributed by atoms with Crippen molar-refractivity contribution in [3.05, 3.63) is 64.6 Å². The summed E-state index contributed by atoms with van der Waals surface area (Å²) in [6, 6.07) is 9.09. The second-order valence-corrected chi connectivity index (χ2v) is 11.6. The lowest BCUT2D eigenvalue weighted by Crippen LogP contribution is -2.43. The van der Waals surface area contributed by atoms with Crippen LogP contribution in [0.1, 0.15) is 24.1 Å². The lowest BCUT2D eigenvalue weighted by atomic mass is 10.2. The molecule has 12 heteroatoms. The van der Waals surface area contributed by atoms with Crippen LogP contribution in [0.5, 0.6) is 0 Å². The Balaban J connectivity index is 1.44. The first-order chi connectivity index (χ1) is 16.6. The number of aromatic nitrogens is 3. The summed E-state index contributed by atoms with van der Waals surface area (Å²) >= 11 is 7.70. The fourth-order valence-corrected chi connectivity index (χ4v) is 7.10. The van der Waals surface area contributed by atoms with Crippen molar-refractivity contribution in [2.24, 2.45) is 0 Å². The molecule has 0 aliphatic carbocycles. The summed E-state index contributed by atoms with van der Waals surface area (Å²) in [5, 5.41) is 8.42. The van der Waals surface area contributed by atoms with E-state index >= 15 is 0 Å². The molecule has 1 atom stereocenters. The van der Waals surface area contributed by atoms with Crippen molar-refractivity contribution in [2.45, 2.75) is 37.6 Å². The number of nitrogens with one attached hydrogen (secondary N) is 1. The van der Waals surface area contributed by atoms with Gasteiger partial charge in [-0.2, -0.15) is 14.1 Å². The van der Waals surface area contributed by atoms with Crippen LogP contribution >= 0.6 is 22.9 Å². The highest BCUT2D eigenvalue weighted by atomic mass is 35.5. The summed E-state index contributed by atoms with van der Waals surface area (Å²) in [4.78, 5) is 17.9. The summed E-state index contributed by atoms with van der Waals surface area (Å²) in [6.07, 6.45) is 0.905. The maximum atomic E-state index is 13.3. The number of benzene rings is 2. The van der Waals surface area contributed by atoms with Gasteiger partial charge in [0.15, 0.2) is 0 Å². The number of thiazole rings is 1. The van der Waals surface area contributed by atoms with Crippen molar-refractivity contribution in [3.8, 4) is 5.13 Å². The van der Waals surface area contributed by atoms with E-state index in [4.69, 9.17) is 11.6 Å². The van der Waals surface area contributed by atoms with E-state index in [1.54, 1.807) is 13.0 Å². The Morgan fingerprint density at radius 2 is 1.94 bits per heavy atom. The number of nitrogens with zero attached hydrogens (tertiary/aromatic N) is 4. The van der Waals surface area contributed by atoms with Crippen LogP contribution in [0.15, 0.2) is 47.4 Å². The predicted molar refractivity (Wildman–Crippen MR) is 133 cm³/mol. The third-order valence-electron chi connectivity index (χ3n) is 5.88. The number of carbonyl (C=O) groups is 1. The van der Waals surface area contributed by atoms with Gasteiger partial charge in [-0.3, -0.25) is 4.79 Å². The minimum atomic E-state index is -3.97. The number of fused-ring (bicyclic) bond motifs is 1. The maximum Gasteiger partial charge on any atom is 0.243 e. The van der Waals surface area contributed by atoms with Crippen LogP contribution in [0, 0.1) is 19.7 Å². The van der Waals surface area contributed by atoms with E-state index < -0.39 is 27.8 Å². The molecule has 4 aromatic rings.